The van der Waals surface area contributed by atoms with Gasteiger partial charge in [0.1, 0.15) is 18.0 Å². The van der Waals surface area contributed by atoms with Gasteiger partial charge in [-0.15, -0.1) is 0 Å². The van der Waals surface area contributed by atoms with Crippen LogP contribution in [-0.2, 0) is 16.1 Å². The molecule has 0 aliphatic heterocycles. The Morgan fingerprint density at radius 3 is 2.45 bits per heavy atom. The van der Waals surface area contributed by atoms with Crippen molar-refractivity contribution in [3.8, 4) is 11.5 Å². The number of fused-ring (bicyclic) bond motifs is 1. The Morgan fingerprint density at radius 1 is 0.935 bits per heavy atom. The monoisotopic (exact) mass is 432 g/mol. The summed E-state index contributed by atoms with van der Waals surface area (Å²) in [4.78, 5) is 30.0. The molecule has 0 saturated heterocycles. The van der Waals surface area contributed by atoms with Crippen molar-refractivity contribution in [2.24, 2.45) is 4.99 Å². The Hall–Kier alpha value is -3.71. The van der Waals surface area contributed by atoms with Crippen LogP contribution < -0.4 is 9.54 Å². The van der Waals surface area contributed by atoms with Gasteiger partial charge in [-0.2, -0.15) is 4.99 Å². The van der Waals surface area contributed by atoms with E-state index in [1.54, 1.807) is 35.8 Å². The van der Waals surface area contributed by atoms with E-state index in [2.05, 4.69) is 4.99 Å². The van der Waals surface area contributed by atoms with E-state index in [4.69, 9.17) is 9.47 Å². The van der Waals surface area contributed by atoms with Gasteiger partial charge in [0.25, 0.3) is 5.91 Å². The van der Waals surface area contributed by atoms with Crippen molar-refractivity contribution in [2.75, 3.05) is 6.61 Å². The summed E-state index contributed by atoms with van der Waals surface area (Å²) < 4.78 is 13.6. The van der Waals surface area contributed by atoms with Crippen LogP contribution in [-0.4, -0.2) is 23.1 Å². The highest BCUT2D eigenvalue weighted by Gasteiger charge is 2.15. The maximum absolute atomic E-state index is 13.1. The minimum absolute atomic E-state index is 0.0217. The number of carbonyl (C=O) groups excluding carboxylic acids is 2. The van der Waals surface area contributed by atoms with Gasteiger partial charge in [0, 0.05) is 0 Å². The summed E-state index contributed by atoms with van der Waals surface area (Å²) in [7, 11) is 0. The Kier molecular flexibility index (Phi) is 6.24. The molecule has 0 spiro atoms. The van der Waals surface area contributed by atoms with E-state index in [1.807, 2.05) is 54.6 Å². The molecule has 6 nitrogen and oxygen atoms in total. The molecule has 0 unspecified atom stereocenters. The highest BCUT2D eigenvalue weighted by molar-refractivity contribution is 7.16. The van der Waals surface area contributed by atoms with Gasteiger partial charge in [-0.1, -0.05) is 53.8 Å². The number of hydrogen-bond donors (Lipinski definition) is 0. The molecule has 0 atom stereocenters. The first-order chi connectivity index (χ1) is 15.2. The summed E-state index contributed by atoms with van der Waals surface area (Å²) in [6.45, 7) is 2.02. The standard InChI is InChI=1S/C24H20N2O4S/c1-2-29-22(27)16-26-19-13-7-9-15-21(19)31-24(26)25-23(28)18-12-6-8-14-20(18)30-17-10-4-3-5-11-17/h3-15H,2,16H2,1H3. The Bertz CT molecular complexity index is 1290. The van der Waals surface area contributed by atoms with Gasteiger partial charge >= 0.3 is 5.97 Å². The zero-order valence-corrected chi connectivity index (χ0v) is 17.7. The normalized spacial score (nSPS) is 11.5. The number of para-hydroxylation sites is 3. The van der Waals surface area contributed by atoms with E-state index in [-0.39, 0.29) is 19.1 Å². The minimum atomic E-state index is -0.448. The number of amides is 1. The molecule has 4 rings (SSSR count). The van der Waals surface area contributed by atoms with Gasteiger partial charge in [0.15, 0.2) is 4.80 Å². The summed E-state index contributed by atoms with van der Waals surface area (Å²) in [5, 5.41) is 0. The average Bonchev–Trinajstić information content (AvgIpc) is 3.12. The predicted octanol–water partition coefficient (Wildman–Crippen LogP) is 4.80. The summed E-state index contributed by atoms with van der Waals surface area (Å²) in [5.74, 6) is 0.214. The van der Waals surface area contributed by atoms with E-state index >= 15 is 0 Å². The fraction of sp³-hybridized carbons (Fsp3) is 0.125. The van der Waals surface area contributed by atoms with Crippen LogP contribution in [0.15, 0.2) is 83.9 Å². The molecule has 0 N–H and O–H groups in total. The van der Waals surface area contributed by atoms with Gasteiger partial charge in [-0.25, -0.2) is 0 Å². The number of benzene rings is 3. The zero-order chi connectivity index (χ0) is 21.6. The second kappa shape index (κ2) is 9.40. The van der Waals surface area contributed by atoms with Crippen LogP contribution in [0.2, 0.25) is 0 Å². The first-order valence-corrected chi connectivity index (χ1v) is 10.6. The molecule has 3 aromatic carbocycles. The molecule has 0 aliphatic rings. The Labute approximate surface area is 183 Å². The van der Waals surface area contributed by atoms with E-state index in [0.29, 0.717) is 21.9 Å². The maximum atomic E-state index is 13.1. The number of esters is 1. The number of nitrogens with zero attached hydrogens (tertiary/aromatic N) is 2. The minimum Gasteiger partial charge on any atom is -0.465 e. The van der Waals surface area contributed by atoms with Crippen LogP contribution in [0.1, 0.15) is 17.3 Å². The molecular weight excluding hydrogens is 412 g/mol. The maximum Gasteiger partial charge on any atom is 0.326 e. The quantitative estimate of drug-likeness (QED) is 0.411. The smallest absolute Gasteiger partial charge is 0.326 e. The lowest BCUT2D eigenvalue weighted by molar-refractivity contribution is -0.143. The first-order valence-electron chi connectivity index (χ1n) is 9.80. The SMILES string of the molecule is CCOC(=O)Cn1c(=NC(=O)c2ccccc2Oc2ccccc2)sc2ccccc21. The molecule has 1 aromatic heterocycles. The van der Waals surface area contributed by atoms with Crippen molar-refractivity contribution in [3.05, 3.63) is 89.2 Å². The van der Waals surface area contributed by atoms with Crippen LogP contribution in [0.4, 0.5) is 0 Å². The van der Waals surface area contributed by atoms with E-state index in [1.165, 1.54) is 11.3 Å². The summed E-state index contributed by atoms with van der Waals surface area (Å²) in [6, 6.07) is 23.8. The number of thiazole rings is 1. The highest BCUT2D eigenvalue weighted by atomic mass is 32.1. The second-order valence-corrected chi connectivity index (χ2v) is 7.58. The number of rotatable bonds is 6. The summed E-state index contributed by atoms with van der Waals surface area (Å²) in [6.07, 6.45) is 0. The third kappa shape index (κ3) is 4.73. The zero-order valence-electron chi connectivity index (χ0n) is 16.9. The van der Waals surface area contributed by atoms with Gasteiger partial charge in [-0.3, -0.25) is 9.59 Å². The van der Waals surface area contributed by atoms with E-state index in [9.17, 15) is 9.59 Å². The van der Waals surface area contributed by atoms with Gasteiger partial charge in [0.2, 0.25) is 0 Å². The average molecular weight is 433 g/mol. The lowest BCUT2D eigenvalue weighted by Crippen LogP contribution is -2.23. The Balaban J connectivity index is 1.74. The molecular formula is C24H20N2O4S. The lowest BCUT2D eigenvalue weighted by atomic mass is 10.2. The van der Waals surface area contributed by atoms with E-state index in [0.717, 1.165) is 10.2 Å². The second-order valence-electron chi connectivity index (χ2n) is 6.57. The van der Waals surface area contributed by atoms with Crippen molar-refractivity contribution in [2.45, 2.75) is 13.5 Å². The van der Waals surface area contributed by atoms with Crippen molar-refractivity contribution in [1.82, 2.24) is 4.57 Å². The number of hydrogen-bond acceptors (Lipinski definition) is 5. The lowest BCUT2D eigenvalue weighted by Gasteiger charge is -2.09. The van der Waals surface area contributed by atoms with Gasteiger partial charge < -0.3 is 14.0 Å². The Morgan fingerprint density at radius 2 is 1.65 bits per heavy atom. The fourth-order valence-corrected chi connectivity index (χ4v) is 4.12. The van der Waals surface area contributed by atoms with Crippen molar-refractivity contribution in [1.29, 1.82) is 0 Å². The summed E-state index contributed by atoms with van der Waals surface area (Å²) in [5.41, 5.74) is 1.16. The van der Waals surface area contributed by atoms with Crippen LogP contribution in [0.5, 0.6) is 11.5 Å². The molecule has 0 aliphatic carbocycles. The van der Waals surface area contributed by atoms with Crippen molar-refractivity contribution >= 4 is 33.4 Å². The van der Waals surface area contributed by atoms with Gasteiger partial charge in [-0.05, 0) is 43.3 Å². The van der Waals surface area contributed by atoms with E-state index < -0.39 is 5.91 Å². The predicted molar refractivity (Wildman–Crippen MR) is 119 cm³/mol. The van der Waals surface area contributed by atoms with Crippen LogP contribution >= 0.6 is 11.3 Å². The third-order valence-electron chi connectivity index (χ3n) is 4.47. The van der Waals surface area contributed by atoms with Crippen LogP contribution in [0.25, 0.3) is 10.2 Å². The number of aromatic nitrogens is 1. The molecule has 31 heavy (non-hydrogen) atoms. The topological polar surface area (TPSA) is 69.9 Å². The molecule has 1 amide bonds. The van der Waals surface area contributed by atoms with Crippen LogP contribution in [0.3, 0.4) is 0 Å². The molecule has 0 radical (unpaired) electrons. The third-order valence-corrected chi connectivity index (χ3v) is 5.53. The molecule has 156 valence electrons. The number of ether oxygens (including phenoxy) is 2. The molecule has 1 heterocycles. The largest absolute Gasteiger partial charge is 0.465 e. The summed E-state index contributed by atoms with van der Waals surface area (Å²) >= 11 is 1.34. The molecule has 0 fully saturated rings. The molecule has 7 heteroatoms. The fourth-order valence-electron chi connectivity index (χ4n) is 3.09. The number of carbonyl (C=O) groups is 2. The molecule has 4 aromatic rings. The van der Waals surface area contributed by atoms with Crippen molar-refractivity contribution < 1.29 is 19.1 Å². The molecule has 0 bridgehead atoms. The van der Waals surface area contributed by atoms with Crippen LogP contribution in [0, 0.1) is 0 Å². The highest BCUT2D eigenvalue weighted by Crippen LogP contribution is 2.25. The van der Waals surface area contributed by atoms with Crippen molar-refractivity contribution in [3.63, 3.8) is 0 Å². The van der Waals surface area contributed by atoms with Gasteiger partial charge in [0.05, 0.1) is 22.4 Å². The molecule has 0 saturated carbocycles. The first kappa shape index (κ1) is 20.6.